The van der Waals surface area contributed by atoms with Crippen LogP contribution in [0, 0.1) is 12.3 Å². The molecule has 0 unspecified atom stereocenters. The molecule has 1 aliphatic heterocycles. The normalized spacial score (nSPS) is 13.5. The Morgan fingerprint density at radius 1 is 0.970 bits per heavy atom. The maximum absolute atomic E-state index is 13.1. The molecular weight excluding hydrogens is 434 g/mol. The minimum absolute atomic E-state index is 0.242. The van der Waals surface area contributed by atoms with Crippen molar-refractivity contribution in [2.45, 2.75) is 19.8 Å². The number of carbonyl (C=O) groups is 1. The number of anilines is 1. The fourth-order valence-corrected chi connectivity index (χ4v) is 4.40. The summed E-state index contributed by atoms with van der Waals surface area (Å²) >= 11 is 6.10. The molecule has 5 rings (SSSR count). The topological polar surface area (TPSA) is 74.0 Å². The van der Waals surface area contributed by atoms with E-state index in [0.29, 0.717) is 22.2 Å². The number of likely N-dealkylation sites (tertiary alicyclic amines) is 1. The molecule has 166 valence electrons. The van der Waals surface area contributed by atoms with Gasteiger partial charge in [0.05, 0.1) is 11.4 Å². The van der Waals surface area contributed by atoms with Crippen molar-refractivity contribution in [3.05, 3.63) is 88.7 Å². The van der Waals surface area contributed by atoms with E-state index in [4.69, 9.17) is 17.0 Å². The number of aromatic nitrogens is 2. The summed E-state index contributed by atoms with van der Waals surface area (Å²) in [5.41, 5.74) is 3.54. The Labute approximate surface area is 197 Å². The minimum atomic E-state index is -0.242. The first-order valence-corrected chi connectivity index (χ1v) is 11.4. The van der Waals surface area contributed by atoms with Crippen LogP contribution >= 0.6 is 11.6 Å². The van der Waals surface area contributed by atoms with Crippen LogP contribution in [-0.2, 0) is 0 Å². The lowest BCUT2D eigenvalue weighted by Crippen LogP contribution is -2.27. The first kappa shape index (κ1) is 21.2. The number of hydrogen-bond acceptors (Lipinski definition) is 3. The molecule has 33 heavy (non-hydrogen) atoms. The Kier molecular flexibility index (Phi) is 5.60. The molecule has 6 nitrogen and oxygen atoms in total. The number of aryl methyl sites for hydroxylation is 1. The van der Waals surface area contributed by atoms with E-state index in [9.17, 15) is 4.79 Å². The number of benzene rings is 3. The molecule has 1 fully saturated rings. The molecule has 4 aromatic rings. The van der Waals surface area contributed by atoms with E-state index in [1.54, 1.807) is 10.7 Å². The quantitative estimate of drug-likeness (QED) is 0.306. The molecule has 0 radical (unpaired) electrons. The van der Waals surface area contributed by atoms with Gasteiger partial charge in [0, 0.05) is 29.4 Å². The van der Waals surface area contributed by atoms with Gasteiger partial charge in [0.15, 0.2) is 0 Å². The number of amidine groups is 1. The van der Waals surface area contributed by atoms with E-state index >= 15 is 0 Å². The maximum atomic E-state index is 13.1. The monoisotopic (exact) mass is 457 g/mol. The number of fused-ring (bicyclic) bond motifs is 1. The van der Waals surface area contributed by atoms with Crippen molar-refractivity contribution < 1.29 is 4.79 Å². The summed E-state index contributed by atoms with van der Waals surface area (Å²) in [4.78, 5) is 15.2. The van der Waals surface area contributed by atoms with Gasteiger partial charge in [0.2, 0.25) is 0 Å². The highest BCUT2D eigenvalue weighted by Gasteiger charge is 2.18. The zero-order chi connectivity index (χ0) is 22.9. The average molecular weight is 458 g/mol. The summed E-state index contributed by atoms with van der Waals surface area (Å²) in [6, 6.07) is 20.8. The third kappa shape index (κ3) is 4.34. The van der Waals surface area contributed by atoms with Crippen molar-refractivity contribution in [2.24, 2.45) is 0 Å². The first-order valence-electron chi connectivity index (χ1n) is 11.0. The molecular formula is C26H24ClN5O. The molecule has 0 spiro atoms. The molecule has 0 aliphatic carbocycles. The Bertz CT molecular complexity index is 1350. The van der Waals surface area contributed by atoms with E-state index in [2.05, 4.69) is 15.3 Å². The number of amides is 1. The minimum Gasteiger partial charge on any atom is -0.357 e. The first-order chi connectivity index (χ1) is 16.0. The molecule has 7 heteroatoms. The number of halogens is 1. The highest BCUT2D eigenvalue weighted by molar-refractivity contribution is 6.31. The van der Waals surface area contributed by atoms with Crippen LogP contribution in [0.2, 0.25) is 5.02 Å². The van der Waals surface area contributed by atoms with Crippen molar-refractivity contribution in [1.82, 2.24) is 14.7 Å². The largest absolute Gasteiger partial charge is 0.357 e. The summed E-state index contributed by atoms with van der Waals surface area (Å²) in [5.74, 6) is 0.297. The summed E-state index contributed by atoms with van der Waals surface area (Å²) in [6.45, 7) is 3.73. The second-order valence-electron chi connectivity index (χ2n) is 8.33. The van der Waals surface area contributed by atoms with Gasteiger partial charge in [-0.05, 0) is 85.1 Å². The van der Waals surface area contributed by atoms with E-state index < -0.39 is 0 Å². The number of nitrogens with zero attached hydrogens (tertiary/aromatic N) is 3. The molecule has 3 aromatic carbocycles. The van der Waals surface area contributed by atoms with Crippen LogP contribution < -0.4 is 5.32 Å². The fraction of sp³-hybridized carbons (Fsp3) is 0.192. The third-order valence-electron chi connectivity index (χ3n) is 5.93. The standard InChI is InChI=1S/C26H24ClN5O/c1-17-14-24(32(30-17)23-11-7-19-15-21(27)8-4-20(19)16-23)26(33)29-22-9-5-18(6-10-22)25(28)31-12-2-3-13-31/h4-11,14-16,28H,2-3,12-13H2,1H3,(H,29,33). The Balaban J connectivity index is 1.37. The van der Waals surface area contributed by atoms with E-state index in [-0.39, 0.29) is 5.91 Å². The Morgan fingerprint density at radius 3 is 2.42 bits per heavy atom. The summed E-state index contributed by atoms with van der Waals surface area (Å²) in [5, 5.41) is 18.6. The van der Waals surface area contributed by atoms with Gasteiger partial charge in [-0.15, -0.1) is 0 Å². The maximum Gasteiger partial charge on any atom is 0.274 e. The smallest absolute Gasteiger partial charge is 0.274 e. The van der Waals surface area contributed by atoms with Gasteiger partial charge in [-0.2, -0.15) is 5.10 Å². The second kappa shape index (κ2) is 8.71. The zero-order valence-electron chi connectivity index (χ0n) is 18.3. The molecule has 0 saturated carbocycles. The van der Waals surface area contributed by atoms with Crippen molar-refractivity contribution >= 4 is 39.8 Å². The predicted molar refractivity (Wildman–Crippen MR) is 133 cm³/mol. The molecule has 1 saturated heterocycles. The van der Waals surface area contributed by atoms with Crippen molar-refractivity contribution in [1.29, 1.82) is 5.41 Å². The lowest BCUT2D eigenvalue weighted by Gasteiger charge is -2.18. The SMILES string of the molecule is Cc1cc(C(=O)Nc2ccc(C(=N)N3CCCC3)cc2)n(-c2ccc3cc(Cl)ccc3c2)n1. The zero-order valence-corrected chi connectivity index (χ0v) is 19.1. The number of hydrogen-bond donors (Lipinski definition) is 2. The van der Waals surface area contributed by atoms with Gasteiger partial charge in [-0.25, -0.2) is 4.68 Å². The van der Waals surface area contributed by atoms with Crippen LogP contribution in [0.3, 0.4) is 0 Å². The van der Waals surface area contributed by atoms with Crippen LogP contribution in [0.5, 0.6) is 0 Å². The number of rotatable bonds is 4. The van der Waals surface area contributed by atoms with Crippen LogP contribution in [0.25, 0.3) is 16.5 Å². The van der Waals surface area contributed by atoms with Crippen molar-refractivity contribution in [3.8, 4) is 5.69 Å². The Hall–Kier alpha value is -3.64. The number of carbonyl (C=O) groups excluding carboxylic acids is 1. The highest BCUT2D eigenvalue weighted by Crippen LogP contribution is 2.24. The molecule has 0 bridgehead atoms. The second-order valence-corrected chi connectivity index (χ2v) is 8.77. The summed E-state index contributed by atoms with van der Waals surface area (Å²) in [7, 11) is 0. The van der Waals surface area contributed by atoms with Gasteiger partial charge in [0.1, 0.15) is 11.5 Å². The lowest BCUT2D eigenvalue weighted by molar-refractivity contribution is 0.101. The lowest BCUT2D eigenvalue weighted by atomic mass is 10.1. The fourth-order valence-electron chi connectivity index (χ4n) is 4.22. The summed E-state index contributed by atoms with van der Waals surface area (Å²) < 4.78 is 1.66. The van der Waals surface area contributed by atoms with Gasteiger partial charge < -0.3 is 10.2 Å². The van der Waals surface area contributed by atoms with Crippen LogP contribution in [0.15, 0.2) is 66.7 Å². The molecule has 1 amide bonds. The Morgan fingerprint density at radius 2 is 1.67 bits per heavy atom. The number of nitrogens with one attached hydrogen (secondary N) is 2. The molecule has 1 aliphatic rings. The molecule has 2 heterocycles. The molecule has 2 N–H and O–H groups in total. The molecule has 1 aromatic heterocycles. The van der Waals surface area contributed by atoms with Gasteiger partial charge in [-0.3, -0.25) is 10.2 Å². The van der Waals surface area contributed by atoms with Crippen LogP contribution in [0.1, 0.15) is 34.6 Å². The van der Waals surface area contributed by atoms with E-state index in [1.807, 2.05) is 67.6 Å². The van der Waals surface area contributed by atoms with Crippen LogP contribution in [-0.4, -0.2) is 39.5 Å². The van der Waals surface area contributed by atoms with Crippen molar-refractivity contribution in [2.75, 3.05) is 18.4 Å². The van der Waals surface area contributed by atoms with Crippen LogP contribution in [0.4, 0.5) is 5.69 Å². The summed E-state index contributed by atoms with van der Waals surface area (Å²) in [6.07, 6.45) is 2.27. The van der Waals surface area contributed by atoms with E-state index in [1.165, 1.54) is 0 Å². The predicted octanol–water partition coefficient (Wildman–Crippen LogP) is 5.66. The van der Waals surface area contributed by atoms with Gasteiger partial charge in [-0.1, -0.05) is 23.7 Å². The molecule has 0 atom stereocenters. The third-order valence-corrected chi connectivity index (χ3v) is 6.17. The average Bonchev–Trinajstić information content (AvgIpc) is 3.49. The highest BCUT2D eigenvalue weighted by atomic mass is 35.5. The van der Waals surface area contributed by atoms with Crippen molar-refractivity contribution in [3.63, 3.8) is 0 Å². The van der Waals surface area contributed by atoms with Gasteiger partial charge in [0.25, 0.3) is 5.91 Å². The van der Waals surface area contributed by atoms with E-state index in [0.717, 1.165) is 53.6 Å². The van der Waals surface area contributed by atoms with Gasteiger partial charge >= 0.3 is 0 Å².